The number of alkyl halides is 1. The number of hydrogen-bond acceptors (Lipinski definition) is 1. The number of carbonyl (C=O) groups excluding carboxylic acids is 1. The van der Waals surface area contributed by atoms with Gasteiger partial charge in [0.05, 0.1) is 10.6 Å². The molecule has 5 heteroatoms. The van der Waals surface area contributed by atoms with Crippen LogP contribution < -0.4 is 5.32 Å². The Bertz CT molecular complexity index is 412. The fourth-order valence-corrected chi connectivity index (χ4v) is 2.82. The van der Waals surface area contributed by atoms with E-state index in [4.69, 9.17) is 11.6 Å². The van der Waals surface area contributed by atoms with E-state index in [0.29, 0.717) is 23.0 Å². The van der Waals surface area contributed by atoms with Gasteiger partial charge in [0.25, 0.3) is 5.91 Å². The molecule has 1 unspecified atom stereocenters. The maximum atomic E-state index is 12.0. The Morgan fingerprint density at radius 1 is 1.50 bits per heavy atom. The van der Waals surface area contributed by atoms with Gasteiger partial charge in [-0.05, 0) is 30.5 Å². The van der Waals surface area contributed by atoms with E-state index in [9.17, 15) is 4.79 Å². The van der Waals surface area contributed by atoms with Crippen molar-refractivity contribution >= 4 is 49.4 Å². The van der Waals surface area contributed by atoms with Crippen LogP contribution in [0.5, 0.6) is 0 Å². The van der Waals surface area contributed by atoms with E-state index in [1.54, 1.807) is 12.1 Å². The molecule has 0 aliphatic carbocycles. The minimum atomic E-state index is -0.116. The maximum Gasteiger partial charge on any atom is 0.252 e. The normalized spacial score (nSPS) is 12.2. The summed E-state index contributed by atoms with van der Waals surface area (Å²) < 4.78 is 0.851. The molecule has 0 saturated carbocycles. The van der Waals surface area contributed by atoms with Gasteiger partial charge in [-0.25, -0.2) is 0 Å². The van der Waals surface area contributed by atoms with E-state index in [0.717, 1.165) is 22.6 Å². The number of amides is 1. The largest absolute Gasteiger partial charge is 0.352 e. The first-order valence-corrected chi connectivity index (χ1v) is 8.17. The molecule has 0 bridgehead atoms. The summed E-state index contributed by atoms with van der Waals surface area (Å²) in [5, 5.41) is 4.37. The summed E-state index contributed by atoms with van der Waals surface area (Å²) in [7, 11) is 0. The number of rotatable bonds is 6. The molecule has 1 N–H and O–H groups in total. The van der Waals surface area contributed by atoms with Crippen molar-refractivity contribution in [2.45, 2.75) is 19.8 Å². The summed E-state index contributed by atoms with van der Waals surface area (Å²) in [6, 6.07) is 5.28. The van der Waals surface area contributed by atoms with E-state index in [2.05, 4.69) is 44.1 Å². The van der Waals surface area contributed by atoms with Crippen molar-refractivity contribution in [2.24, 2.45) is 5.92 Å². The standard InChI is InChI=1S/C13H16Br2ClNO/c1-2-9(5-6-14)8-17-13(18)11-7-10(15)3-4-12(11)16/h3-4,7,9H,2,5-6,8H2,1H3,(H,17,18). The molecule has 0 aromatic heterocycles. The molecule has 1 aromatic carbocycles. The quantitative estimate of drug-likeness (QED) is 0.696. The Labute approximate surface area is 130 Å². The molecule has 0 saturated heterocycles. The monoisotopic (exact) mass is 395 g/mol. The third kappa shape index (κ3) is 4.90. The molecular weight excluding hydrogens is 381 g/mol. The first-order valence-electron chi connectivity index (χ1n) is 5.87. The van der Waals surface area contributed by atoms with Gasteiger partial charge in [-0.3, -0.25) is 4.79 Å². The Morgan fingerprint density at radius 3 is 2.83 bits per heavy atom. The average Bonchev–Trinajstić information content (AvgIpc) is 2.37. The summed E-state index contributed by atoms with van der Waals surface area (Å²) in [4.78, 5) is 12.0. The van der Waals surface area contributed by atoms with Gasteiger partial charge in [-0.2, -0.15) is 0 Å². The smallest absolute Gasteiger partial charge is 0.252 e. The van der Waals surface area contributed by atoms with Crippen LogP contribution in [0.2, 0.25) is 5.02 Å². The lowest BCUT2D eigenvalue weighted by molar-refractivity contribution is 0.0946. The minimum Gasteiger partial charge on any atom is -0.352 e. The van der Waals surface area contributed by atoms with Gasteiger partial charge < -0.3 is 5.32 Å². The number of halogens is 3. The summed E-state index contributed by atoms with van der Waals surface area (Å²) in [6.07, 6.45) is 2.11. The molecule has 0 radical (unpaired) electrons. The van der Waals surface area contributed by atoms with Crippen molar-refractivity contribution in [1.29, 1.82) is 0 Å². The SMILES string of the molecule is CCC(CCBr)CNC(=O)c1cc(Br)ccc1Cl. The molecule has 0 heterocycles. The molecule has 1 atom stereocenters. The third-order valence-corrected chi connectivity index (χ3v) is 4.10. The summed E-state index contributed by atoms with van der Waals surface area (Å²) in [6.45, 7) is 2.81. The Morgan fingerprint density at radius 2 is 2.22 bits per heavy atom. The fourth-order valence-electron chi connectivity index (χ4n) is 1.61. The highest BCUT2D eigenvalue weighted by atomic mass is 79.9. The zero-order valence-corrected chi connectivity index (χ0v) is 14.1. The molecule has 0 aliphatic heterocycles. The summed E-state index contributed by atoms with van der Waals surface area (Å²) in [5.41, 5.74) is 0.514. The van der Waals surface area contributed by atoms with Gasteiger partial charge in [0.2, 0.25) is 0 Å². The lowest BCUT2D eigenvalue weighted by atomic mass is 10.0. The molecule has 0 fully saturated rings. The van der Waals surface area contributed by atoms with Crippen LogP contribution in [0.25, 0.3) is 0 Å². The highest BCUT2D eigenvalue weighted by Crippen LogP contribution is 2.21. The van der Waals surface area contributed by atoms with Crippen LogP contribution in [0, 0.1) is 5.92 Å². The van der Waals surface area contributed by atoms with Crippen LogP contribution in [0.3, 0.4) is 0 Å². The van der Waals surface area contributed by atoms with Crippen molar-refractivity contribution in [3.05, 3.63) is 33.3 Å². The second-order valence-electron chi connectivity index (χ2n) is 4.09. The topological polar surface area (TPSA) is 29.1 Å². The molecule has 100 valence electrons. The molecule has 1 rings (SSSR count). The first kappa shape index (κ1) is 16.0. The minimum absolute atomic E-state index is 0.116. The van der Waals surface area contributed by atoms with Crippen molar-refractivity contribution in [2.75, 3.05) is 11.9 Å². The molecule has 18 heavy (non-hydrogen) atoms. The van der Waals surface area contributed by atoms with Gasteiger partial charge in [0.15, 0.2) is 0 Å². The zero-order chi connectivity index (χ0) is 13.5. The summed E-state index contributed by atoms with van der Waals surface area (Å²) >= 11 is 12.8. The molecule has 0 aliphatic rings. The number of nitrogens with one attached hydrogen (secondary N) is 1. The van der Waals surface area contributed by atoms with Crippen molar-refractivity contribution in [3.8, 4) is 0 Å². The predicted molar refractivity (Wildman–Crippen MR) is 83.7 cm³/mol. The number of benzene rings is 1. The average molecular weight is 398 g/mol. The van der Waals surface area contributed by atoms with E-state index >= 15 is 0 Å². The van der Waals surface area contributed by atoms with Gasteiger partial charge in [0.1, 0.15) is 0 Å². The van der Waals surface area contributed by atoms with Gasteiger partial charge >= 0.3 is 0 Å². The van der Waals surface area contributed by atoms with Gasteiger partial charge in [-0.15, -0.1) is 0 Å². The molecule has 1 aromatic rings. The highest BCUT2D eigenvalue weighted by Gasteiger charge is 2.12. The second kappa shape index (κ2) is 8.18. The Kier molecular flexibility index (Phi) is 7.27. The van der Waals surface area contributed by atoms with Crippen LogP contribution in [-0.4, -0.2) is 17.8 Å². The molecule has 0 spiro atoms. The lowest BCUT2D eigenvalue weighted by Crippen LogP contribution is -2.29. The van der Waals surface area contributed by atoms with Crippen molar-refractivity contribution in [1.82, 2.24) is 5.32 Å². The van der Waals surface area contributed by atoms with Crippen LogP contribution in [-0.2, 0) is 0 Å². The number of carbonyl (C=O) groups is 1. The van der Waals surface area contributed by atoms with Crippen LogP contribution in [0.4, 0.5) is 0 Å². The summed E-state index contributed by atoms with van der Waals surface area (Å²) in [5.74, 6) is 0.383. The highest BCUT2D eigenvalue weighted by molar-refractivity contribution is 9.10. The van der Waals surface area contributed by atoms with E-state index in [1.165, 1.54) is 0 Å². The Hall–Kier alpha value is -0.0600. The third-order valence-electron chi connectivity index (χ3n) is 2.82. The van der Waals surface area contributed by atoms with E-state index in [1.807, 2.05) is 6.07 Å². The van der Waals surface area contributed by atoms with Crippen molar-refractivity contribution in [3.63, 3.8) is 0 Å². The van der Waals surface area contributed by atoms with Gasteiger partial charge in [-0.1, -0.05) is 56.8 Å². The van der Waals surface area contributed by atoms with E-state index < -0.39 is 0 Å². The fraction of sp³-hybridized carbons (Fsp3) is 0.462. The second-order valence-corrected chi connectivity index (χ2v) is 6.20. The van der Waals surface area contributed by atoms with Gasteiger partial charge in [0, 0.05) is 16.3 Å². The molecule has 2 nitrogen and oxygen atoms in total. The van der Waals surface area contributed by atoms with Crippen molar-refractivity contribution < 1.29 is 4.79 Å². The maximum absolute atomic E-state index is 12.0. The number of hydrogen-bond donors (Lipinski definition) is 1. The predicted octanol–water partition coefficient (Wildman–Crippen LogP) is 4.64. The first-order chi connectivity index (χ1) is 8.58. The Balaban J connectivity index is 2.62. The van der Waals surface area contributed by atoms with Crippen LogP contribution in [0.1, 0.15) is 30.1 Å². The van der Waals surface area contributed by atoms with E-state index in [-0.39, 0.29) is 5.91 Å². The lowest BCUT2D eigenvalue weighted by Gasteiger charge is -2.14. The molecule has 1 amide bonds. The van der Waals surface area contributed by atoms with Crippen LogP contribution >= 0.6 is 43.5 Å². The molecular formula is C13H16Br2ClNO. The van der Waals surface area contributed by atoms with Crippen LogP contribution in [0.15, 0.2) is 22.7 Å². The zero-order valence-electron chi connectivity index (χ0n) is 10.2.